The molecular weight excluding hydrogens is 302 g/mol. The van der Waals surface area contributed by atoms with Gasteiger partial charge in [0.05, 0.1) is 13.2 Å². The van der Waals surface area contributed by atoms with Crippen LogP contribution >= 0.6 is 0 Å². The Morgan fingerprint density at radius 2 is 1.95 bits per heavy atom. The zero-order valence-corrected chi connectivity index (χ0v) is 13.7. The van der Waals surface area contributed by atoms with Crippen molar-refractivity contribution in [2.45, 2.75) is 49.5 Å². The number of sulfonamides is 1. The minimum Gasteiger partial charge on any atom is -0.495 e. The molecule has 0 bridgehead atoms. The lowest BCUT2D eigenvalue weighted by Crippen LogP contribution is -2.32. The molecule has 2 aliphatic rings. The van der Waals surface area contributed by atoms with Crippen molar-refractivity contribution in [1.82, 2.24) is 4.72 Å². The van der Waals surface area contributed by atoms with Gasteiger partial charge in [-0.2, -0.15) is 0 Å². The van der Waals surface area contributed by atoms with Gasteiger partial charge >= 0.3 is 0 Å². The van der Waals surface area contributed by atoms with Crippen LogP contribution in [0.3, 0.4) is 0 Å². The van der Waals surface area contributed by atoms with Crippen molar-refractivity contribution >= 4 is 10.0 Å². The molecule has 1 heterocycles. The number of ether oxygens (including phenoxy) is 2. The first-order valence-corrected chi connectivity index (χ1v) is 9.39. The van der Waals surface area contributed by atoms with Crippen molar-refractivity contribution in [2.24, 2.45) is 0 Å². The first kappa shape index (κ1) is 15.8. The minimum absolute atomic E-state index is 0.0154. The van der Waals surface area contributed by atoms with Crippen LogP contribution in [0.15, 0.2) is 17.0 Å². The van der Waals surface area contributed by atoms with E-state index in [4.69, 9.17) is 9.47 Å². The molecule has 6 heteroatoms. The van der Waals surface area contributed by atoms with Crippen LogP contribution in [-0.2, 0) is 27.6 Å². The second-order valence-corrected chi connectivity index (χ2v) is 7.70. The van der Waals surface area contributed by atoms with Gasteiger partial charge in [0.1, 0.15) is 10.6 Å². The average molecular weight is 325 g/mol. The van der Waals surface area contributed by atoms with Gasteiger partial charge in [0, 0.05) is 13.2 Å². The number of nitrogens with one attached hydrogen (secondary N) is 1. The highest BCUT2D eigenvalue weighted by Crippen LogP contribution is 2.31. The number of hydrogen-bond donors (Lipinski definition) is 1. The van der Waals surface area contributed by atoms with Crippen molar-refractivity contribution in [3.63, 3.8) is 0 Å². The molecule has 5 nitrogen and oxygen atoms in total. The quantitative estimate of drug-likeness (QED) is 0.900. The number of benzene rings is 1. The summed E-state index contributed by atoms with van der Waals surface area (Å²) in [6.07, 6.45) is 6.08. The van der Waals surface area contributed by atoms with E-state index >= 15 is 0 Å². The van der Waals surface area contributed by atoms with Gasteiger partial charge in [0.25, 0.3) is 0 Å². The summed E-state index contributed by atoms with van der Waals surface area (Å²) >= 11 is 0. The van der Waals surface area contributed by atoms with Crippen LogP contribution in [0.2, 0.25) is 0 Å². The Labute approximate surface area is 132 Å². The number of rotatable bonds is 5. The summed E-state index contributed by atoms with van der Waals surface area (Å²) in [6, 6.07) is 3.67. The van der Waals surface area contributed by atoms with Gasteiger partial charge in [-0.1, -0.05) is 0 Å². The summed E-state index contributed by atoms with van der Waals surface area (Å²) in [5, 5.41) is 0. The van der Waals surface area contributed by atoms with Crippen molar-refractivity contribution in [3.05, 3.63) is 23.3 Å². The third-order valence-corrected chi connectivity index (χ3v) is 5.89. The van der Waals surface area contributed by atoms with E-state index in [-0.39, 0.29) is 11.0 Å². The fraction of sp³-hybridized carbons (Fsp3) is 0.625. The standard InChI is InChI=1S/C16H23NO4S/c1-20-15-9-12-5-2-3-6-13(12)10-16(15)22(18,19)17-11-14-7-4-8-21-14/h9-10,14,17H,2-8,11H2,1H3/t14-/m1/s1. The molecule has 0 aromatic heterocycles. The Morgan fingerprint density at radius 3 is 2.59 bits per heavy atom. The van der Waals surface area contributed by atoms with E-state index in [1.165, 1.54) is 12.7 Å². The summed E-state index contributed by atoms with van der Waals surface area (Å²) < 4.78 is 38.7. The van der Waals surface area contributed by atoms with E-state index in [1.807, 2.05) is 6.07 Å². The maximum Gasteiger partial charge on any atom is 0.244 e. The molecule has 1 fully saturated rings. The molecule has 122 valence electrons. The molecule has 1 aliphatic heterocycles. The molecule has 0 saturated carbocycles. The molecular formula is C16H23NO4S. The summed E-state index contributed by atoms with van der Waals surface area (Å²) in [6.45, 7) is 1.04. The Kier molecular flexibility index (Phi) is 4.70. The van der Waals surface area contributed by atoms with E-state index in [0.29, 0.717) is 18.9 Å². The van der Waals surface area contributed by atoms with Crippen LogP contribution < -0.4 is 9.46 Å². The highest BCUT2D eigenvalue weighted by atomic mass is 32.2. The minimum atomic E-state index is -3.58. The summed E-state index contributed by atoms with van der Waals surface area (Å²) in [5.74, 6) is 0.431. The van der Waals surface area contributed by atoms with E-state index in [2.05, 4.69) is 4.72 Å². The lowest BCUT2D eigenvalue weighted by atomic mass is 9.92. The van der Waals surface area contributed by atoms with E-state index in [9.17, 15) is 8.42 Å². The van der Waals surface area contributed by atoms with Gasteiger partial charge in [0.2, 0.25) is 10.0 Å². The molecule has 22 heavy (non-hydrogen) atoms. The van der Waals surface area contributed by atoms with E-state index in [1.54, 1.807) is 6.07 Å². The van der Waals surface area contributed by atoms with Gasteiger partial charge in [-0.15, -0.1) is 0 Å². The lowest BCUT2D eigenvalue weighted by molar-refractivity contribution is 0.114. The molecule has 0 spiro atoms. The third-order valence-electron chi connectivity index (χ3n) is 4.44. The summed E-state index contributed by atoms with van der Waals surface area (Å²) in [7, 11) is -2.06. The molecule has 0 radical (unpaired) electrons. The van der Waals surface area contributed by atoms with Gasteiger partial charge in [-0.25, -0.2) is 13.1 Å². The van der Waals surface area contributed by atoms with Crippen molar-refractivity contribution < 1.29 is 17.9 Å². The monoisotopic (exact) mass is 325 g/mol. The molecule has 1 atom stereocenters. The normalized spacial score (nSPS) is 21.6. The van der Waals surface area contributed by atoms with Crippen LogP contribution in [0.25, 0.3) is 0 Å². The van der Waals surface area contributed by atoms with Crippen molar-refractivity contribution in [2.75, 3.05) is 20.3 Å². The van der Waals surface area contributed by atoms with Gasteiger partial charge < -0.3 is 9.47 Å². The first-order chi connectivity index (χ1) is 10.6. The SMILES string of the molecule is COc1cc2c(cc1S(=O)(=O)NC[C@H]1CCCO1)CCCC2. The predicted octanol–water partition coefficient (Wildman–Crippen LogP) is 2.03. The molecule has 1 aromatic rings. The maximum atomic E-state index is 12.6. The number of aryl methyl sites for hydroxylation is 2. The van der Waals surface area contributed by atoms with Crippen LogP contribution in [0.5, 0.6) is 5.75 Å². The maximum absolute atomic E-state index is 12.6. The summed E-state index contributed by atoms with van der Waals surface area (Å²) in [4.78, 5) is 0.244. The van der Waals surface area contributed by atoms with Crippen LogP contribution in [0.1, 0.15) is 36.8 Å². The highest BCUT2D eigenvalue weighted by molar-refractivity contribution is 7.89. The average Bonchev–Trinajstić information content (AvgIpc) is 3.05. The third kappa shape index (κ3) is 3.29. The Balaban J connectivity index is 1.84. The van der Waals surface area contributed by atoms with Crippen molar-refractivity contribution in [3.8, 4) is 5.75 Å². The second-order valence-electron chi connectivity index (χ2n) is 5.97. The number of methoxy groups -OCH3 is 1. The topological polar surface area (TPSA) is 64.6 Å². The Bertz CT molecular complexity index is 636. The smallest absolute Gasteiger partial charge is 0.244 e. The van der Waals surface area contributed by atoms with Crippen LogP contribution in [0.4, 0.5) is 0 Å². The van der Waals surface area contributed by atoms with Crippen LogP contribution in [0, 0.1) is 0 Å². The van der Waals surface area contributed by atoms with Crippen molar-refractivity contribution in [1.29, 1.82) is 0 Å². The zero-order chi connectivity index (χ0) is 15.6. The van der Waals surface area contributed by atoms with Gasteiger partial charge in [-0.05, 0) is 61.8 Å². The molecule has 1 saturated heterocycles. The molecule has 0 amide bonds. The summed E-state index contributed by atoms with van der Waals surface area (Å²) in [5.41, 5.74) is 2.34. The molecule has 1 aromatic carbocycles. The highest BCUT2D eigenvalue weighted by Gasteiger charge is 2.25. The number of hydrogen-bond acceptors (Lipinski definition) is 4. The van der Waals surface area contributed by atoms with Gasteiger partial charge in [-0.3, -0.25) is 0 Å². The Morgan fingerprint density at radius 1 is 1.23 bits per heavy atom. The molecule has 1 aliphatic carbocycles. The lowest BCUT2D eigenvalue weighted by Gasteiger charge is -2.20. The zero-order valence-electron chi connectivity index (χ0n) is 12.9. The fourth-order valence-electron chi connectivity index (χ4n) is 3.20. The van der Waals surface area contributed by atoms with Crippen LogP contribution in [-0.4, -0.2) is 34.8 Å². The Hall–Kier alpha value is -1.11. The fourth-order valence-corrected chi connectivity index (χ4v) is 4.46. The predicted molar refractivity (Wildman–Crippen MR) is 83.8 cm³/mol. The molecule has 3 rings (SSSR count). The molecule has 1 N–H and O–H groups in total. The largest absolute Gasteiger partial charge is 0.495 e. The first-order valence-electron chi connectivity index (χ1n) is 7.91. The van der Waals surface area contributed by atoms with E-state index < -0.39 is 10.0 Å². The second kappa shape index (κ2) is 6.56. The van der Waals surface area contributed by atoms with Gasteiger partial charge in [0.15, 0.2) is 0 Å². The number of fused-ring (bicyclic) bond motifs is 1. The van der Waals surface area contributed by atoms with E-state index in [0.717, 1.165) is 44.1 Å². The molecule has 0 unspecified atom stereocenters.